The lowest BCUT2D eigenvalue weighted by Crippen LogP contribution is -2.00. The van der Waals surface area contributed by atoms with Gasteiger partial charge in [0.1, 0.15) is 11.2 Å². The molecule has 0 saturated carbocycles. The number of nitrogens with zero attached hydrogens (tertiary/aromatic N) is 3. The molecule has 0 N–H and O–H groups in total. The van der Waals surface area contributed by atoms with Crippen LogP contribution in [-0.4, -0.2) is 23.4 Å². The van der Waals surface area contributed by atoms with E-state index < -0.39 is 9.84 Å². The first-order valence-corrected chi connectivity index (χ1v) is 16.3. The van der Waals surface area contributed by atoms with Crippen LogP contribution in [0.15, 0.2) is 154 Å². The Hall–Kier alpha value is -5.92. The number of furan rings is 1. The summed E-state index contributed by atoms with van der Waals surface area (Å²) in [5, 5.41) is 1.77. The molecule has 0 unspecified atom stereocenters. The van der Waals surface area contributed by atoms with Crippen LogP contribution in [-0.2, 0) is 9.84 Å². The summed E-state index contributed by atoms with van der Waals surface area (Å²) in [7, 11) is -3.62. The quantitative estimate of drug-likeness (QED) is 0.197. The van der Waals surface area contributed by atoms with Crippen LogP contribution in [0.1, 0.15) is 0 Å². The summed E-state index contributed by atoms with van der Waals surface area (Å²) in [4.78, 5) is 15.4. The maximum atomic E-state index is 13.5. The molecule has 0 saturated heterocycles. The van der Waals surface area contributed by atoms with Crippen molar-refractivity contribution in [2.45, 2.75) is 9.79 Å². The molecular formula is C39H23N3O3S. The van der Waals surface area contributed by atoms with Crippen LogP contribution in [0.2, 0.25) is 0 Å². The van der Waals surface area contributed by atoms with Crippen molar-refractivity contribution in [2.75, 3.05) is 0 Å². The lowest BCUT2D eigenvalue weighted by atomic mass is 9.98. The minimum absolute atomic E-state index is 0.312. The second-order valence-electron chi connectivity index (χ2n) is 11.2. The highest BCUT2D eigenvalue weighted by atomic mass is 32.2. The highest BCUT2D eigenvalue weighted by Gasteiger charge is 2.33. The fourth-order valence-electron chi connectivity index (χ4n) is 6.37. The Labute approximate surface area is 264 Å². The minimum atomic E-state index is -3.62. The Balaban J connectivity index is 1.25. The lowest BCUT2D eigenvalue weighted by molar-refractivity contribution is 0.598. The van der Waals surface area contributed by atoms with Crippen LogP contribution in [0, 0.1) is 0 Å². The van der Waals surface area contributed by atoms with Gasteiger partial charge < -0.3 is 4.42 Å². The molecule has 0 amide bonds. The summed E-state index contributed by atoms with van der Waals surface area (Å²) in [5.41, 5.74) is 6.97. The van der Waals surface area contributed by atoms with Gasteiger partial charge in [-0.3, -0.25) is 0 Å². The minimum Gasteiger partial charge on any atom is -0.455 e. The highest BCUT2D eigenvalue weighted by Crippen LogP contribution is 2.46. The number of benzene rings is 6. The zero-order valence-electron chi connectivity index (χ0n) is 24.3. The predicted octanol–water partition coefficient (Wildman–Crippen LogP) is 9.25. The largest absolute Gasteiger partial charge is 0.455 e. The maximum absolute atomic E-state index is 13.5. The van der Waals surface area contributed by atoms with Crippen LogP contribution in [0.4, 0.5) is 0 Å². The third-order valence-electron chi connectivity index (χ3n) is 8.51. The standard InChI is InChI=1S/C39H23N3O3S/c43-46(44)33-20-8-7-15-28(33)29-22-21-26(23-34(29)46)27-16-9-17-30-35-31(18-10-19-32(35)45-36(27)30)39-41-37(24-11-3-1-4-12-24)40-38(42-39)25-13-5-2-6-14-25/h1-23H. The third kappa shape index (κ3) is 4.02. The van der Waals surface area contributed by atoms with Crippen LogP contribution in [0.5, 0.6) is 0 Å². The van der Waals surface area contributed by atoms with E-state index in [0.717, 1.165) is 49.7 Å². The Morgan fingerprint density at radius 3 is 1.78 bits per heavy atom. The summed E-state index contributed by atoms with van der Waals surface area (Å²) < 4.78 is 33.5. The average Bonchev–Trinajstić information content (AvgIpc) is 3.61. The zero-order valence-corrected chi connectivity index (χ0v) is 25.1. The zero-order chi connectivity index (χ0) is 30.8. The number of para-hydroxylation sites is 1. The number of sulfone groups is 1. The Kier molecular flexibility index (Phi) is 5.79. The van der Waals surface area contributed by atoms with E-state index in [1.165, 1.54) is 0 Å². The molecule has 6 aromatic carbocycles. The van der Waals surface area contributed by atoms with Gasteiger partial charge in [0.2, 0.25) is 9.84 Å². The van der Waals surface area contributed by atoms with E-state index in [9.17, 15) is 8.42 Å². The predicted molar refractivity (Wildman–Crippen MR) is 180 cm³/mol. The molecule has 0 radical (unpaired) electrons. The van der Waals surface area contributed by atoms with Gasteiger partial charge in [0.25, 0.3) is 0 Å². The van der Waals surface area contributed by atoms with Gasteiger partial charge in [-0.15, -0.1) is 0 Å². The Bertz CT molecular complexity index is 2540. The SMILES string of the molecule is O=S1(=O)c2ccccc2-c2ccc(-c3cccc4c3oc3cccc(-c5nc(-c6ccccc6)nc(-c6ccccc6)n5)c34)cc21. The van der Waals surface area contributed by atoms with Crippen molar-refractivity contribution in [3.8, 4) is 56.4 Å². The molecule has 3 heterocycles. The fraction of sp³-hybridized carbons (Fsp3) is 0. The topological polar surface area (TPSA) is 86.0 Å². The second kappa shape index (κ2) is 10.1. The van der Waals surface area contributed by atoms with Gasteiger partial charge in [0, 0.05) is 44.2 Å². The molecule has 218 valence electrons. The molecule has 0 aliphatic carbocycles. The smallest absolute Gasteiger partial charge is 0.207 e. The van der Waals surface area contributed by atoms with Gasteiger partial charge in [0.15, 0.2) is 17.5 Å². The van der Waals surface area contributed by atoms with Crippen molar-refractivity contribution in [1.29, 1.82) is 0 Å². The van der Waals surface area contributed by atoms with Gasteiger partial charge in [0.05, 0.1) is 9.79 Å². The van der Waals surface area contributed by atoms with Crippen LogP contribution >= 0.6 is 0 Å². The van der Waals surface area contributed by atoms with Gasteiger partial charge >= 0.3 is 0 Å². The number of rotatable bonds is 4. The van der Waals surface area contributed by atoms with Crippen LogP contribution < -0.4 is 0 Å². The number of aromatic nitrogens is 3. The molecule has 0 atom stereocenters. The molecule has 0 bridgehead atoms. The first kappa shape index (κ1) is 26.5. The molecule has 1 aliphatic heterocycles. The number of fused-ring (bicyclic) bond motifs is 6. The van der Waals surface area contributed by atoms with Gasteiger partial charge in [-0.05, 0) is 23.8 Å². The molecule has 7 heteroatoms. The van der Waals surface area contributed by atoms with Crippen molar-refractivity contribution in [3.05, 3.63) is 140 Å². The molecule has 6 nitrogen and oxygen atoms in total. The highest BCUT2D eigenvalue weighted by molar-refractivity contribution is 7.92. The molecular weight excluding hydrogens is 591 g/mol. The molecule has 2 aromatic heterocycles. The van der Waals surface area contributed by atoms with Crippen molar-refractivity contribution >= 4 is 31.8 Å². The van der Waals surface area contributed by atoms with Crippen LogP contribution in [0.3, 0.4) is 0 Å². The number of hydrogen-bond acceptors (Lipinski definition) is 6. The monoisotopic (exact) mass is 613 g/mol. The molecule has 0 fully saturated rings. The third-order valence-corrected chi connectivity index (χ3v) is 10.4. The maximum Gasteiger partial charge on any atom is 0.207 e. The summed E-state index contributed by atoms with van der Waals surface area (Å²) in [6.07, 6.45) is 0. The summed E-state index contributed by atoms with van der Waals surface area (Å²) in [6.45, 7) is 0. The summed E-state index contributed by atoms with van der Waals surface area (Å²) >= 11 is 0. The van der Waals surface area contributed by atoms with Gasteiger partial charge in [-0.25, -0.2) is 23.4 Å². The van der Waals surface area contributed by atoms with E-state index in [1.54, 1.807) is 18.2 Å². The van der Waals surface area contributed by atoms with E-state index in [-0.39, 0.29) is 0 Å². The first-order chi connectivity index (χ1) is 22.6. The van der Waals surface area contributed by atoms with Gasteiger partial charge in [-0.2, -0.15) is 0 Å². The summed E-state index contributed by atoms with van der Waals surface area (Å²) in [6, 6.07) is 44.3. The van der Waals surface area contributed by atoms with Crippen molar-refractivity contribution in [3.63, 3.8) is 0 Å². The lowest BCUT2D eigenvalue weighted by Gasteiger charge is -2.09. The Morgan fingerprint density at radius 1 is 0.457 bits per heavy atom. The average molecular weight is 614 g/mol. The van der Waals surface area contributed by atoms with Crippen molar-refractivity contribution in [2.24, 2.45) is 0 Å². The summed E-state index contributed by atoms with van der Waals surface area (Å²) in [5.74, 6) is 1.69. The van der Waals surface area contributed by atoms with E-state index in [1.807, 2.05) is 121 Å². The van der Waals surface area contributed by atoms with E-state index in [2.05, 4.69) is 0 Å². The van der Waals surface area contributed by atoms with Gasteiger partial charge in [-0.1, -0.05) is 121 Å². The molecule has 8 aromatic rings. The first-order valence-electron chi connectivity index (χ1n) is 14.9. The van der Waals surface area contributed by atoms with Crippen molar-refractivity contribution in [1.82, 2.24) is 15.0 Å². The second-order valence-corrected chi connectivity index (χ2v) is 13.1. The normalized spacial score (nSPS) is 13.1. The van der Waals surface area contributed by atoms with Crippen LogP contribution in [0.25, 0.3) is 78.4 Å². The van der Waals surface area contributed by atoms with E-state index in [4.69, 9.17) is 19.4 Å². The van der Waals surface area contributed by atoms with E-state index >= 15 is 0 Å². The molecule has 46 heavy (non-hydrogen) atoms. The Morgan fingerprint density at radius 2 is 1.04 bits per heavy atom. The van der Waals surface area contributed by atoms with E-state index in [0.29, 0.717) is 38.4 Å². The van der Waals surface area contributed by atoms with Crippen molar-refractivity contribution < 1.29 is 12.8 Å². The fourth-order valence-corrected chi connectivity index (χ4v) is 8.08. The molecule has 1 aliphatic rings. The number of hydrogen-bond donors (Lipinski definition) is 0. The molecule has 9 rings (SSSR count). The molecule has 0 spiro atoms.